The van der Waals surface area contributed by atoms with E-state index < -0.39 is 27.8 Å². The van der Waals surface area contributed by atoms with Gasteiger partial charge in [0.15, 0.2) is 0 Å². The SMILES string of the molecule is CCC(C)(O)c1cc(F)c(Cl)cc1Nc1ccnc(Nc2cc([N+](=O)[O-])c(F)cc2OC)n1. The van der Waals surface area contributed by atoms with Crippen LogP contribution in [0.2, 0.25) is 5.02 Å². The van der Waals surface area contributed by atoms with Crippen molar-refractivity contribution in [1.82, 2.24) is 9.97 Å². The van der Waals surface area contributed by atoms with Crippen molar-refractivity contribution < 1.29 is 23.5 Å². The van der Waals surface area contributed by atoms with Crippen LogP contribution in [0.25, 0.3) is 0 Å². The second kappa shape index (κ2) is 9.51. The quantitative estimate of drug-likeness (QED) is 0.289. The van der Waals surface area contributed by atoms with Crippen LogP contribution < -0.4 is 15.4 Å². The molecule has 0 amide bonds. The van der Waals surface area contributed by atoms with Crippen LogP contribution in [-0.2, 0) is 5.60 Å². The summed E-state index contributed by atoms with van der Waals surface area (Å²) in [5.74, 6) is -1.47. The van der Waals surface area contributed by atoms with Gasteiger partial charge in [0.05, 0.1) is 28.3 Å². The molecule has 33 heavy (non-hydrogen) atoms. The van der Waals surface area contributed by atoms with Crippen molar-refractivity contribution in [2.75, 3.05) is 17.7 Å². The highest BCUT2D eigenvalue weighted by atomic mass is 35.5. The third kappa shape index (κ3) is 5.26. The number of halogens is 3. The van der Waals surface area contributed by atoms with E-state index in [9.17, 15) is 24.0 Å². The van der Waals surface area contributed by atoms with Crippen molar-refractivity contribution in [3.63, 3.8) is 0 Å². The lowest BCUT2D eigenvalue weighted by Gasteiger charge is -2.25. The van der Waals surface area contributed by atoms with Crippen molar-refractivity contribution >= 4 is 40.4 Å². The smallest absolute Gasteiger partial charge is 0.307 e. The summed E-state index contributed by atoms with van der Waals surface area (Å²) < 4.78 is 33.0. The van der Waals surface area contributed by atoms with Crippen molar-refractivity contribution in [2.24, 2.45) is 0 Å². The Labute approximate surface area is 192 Å². The number of ether oxygens (including phenoxy) is 1. The Hall–Kier alpha value is -3.57. The summed E-state index contributed by atoms with van der Waals surface area (Å²) in [6, 6.07) is 5.84. The van der Waals surface area contributed by atoms with Gasteiger partial charge in [0.2, 0.25) is 11.8 Å². The first-order valence-electron chi connectivity index (χ1n) is 9.66. The lowest BCUT2D eigenvalue weighted by Crippen LogP contribution is -2.21. The highest BCUT2D eigenvalue weighted by molar-refractivity contribution is 6.31. The molecule has 0 saturated carbocycles. The first-order valence-corrected chi connectivity index (χ1v) is 10.0. The molecule has 0 saturated heterocycles. The fraction of sp³-hybridized carbons (Fsp3) is 0.238. The van der Waals surface area contributed by atoms with Crippen molar-refractivity contribution in [2.45, 2.75) is 25.9 Å². The molecule has 1 aromatic heterocycles. The van der Waals surface area contributed by atoms with Gasteiger partial charge in [0, 0.05) is 29.6 Å². The van der Waals surface area contributed by atoms with Gasteiger partial charge in [-0.15, -0.1) is 0 Å². The Kier molecular flexibility index (Phi) is 6.94. The molecule has 0 fully saturated rings. The zero-order valence-electron chi connectivity index (χ0n) is 17.8. The number of nitrogens with one attached hydrogen (secondary N) is 2. The molecule has 0 bridgehead atoms. The summed E-state index contributed by atoms with van der Waals surface area (Å²) in [4.78, 5) is 18.5. The number of hydrogen-bond acceptors (Lipinski definition) is 8. The van der Waals surface area contributed by atoms with Crippen LogP contribution in [0, 0.1) is 21.7 Å². The number of nitrogens with zero attached hydrogens (tertiary/aromatic N) is 3. The highest BCUT2D eigenvalue weighted by Crippen LogP contribution is 2.36. The Morgan fingerprint density at radius 3 is 2.58 bits per heavy atom. The Balaban J connectivity index is 1.96. The van der Waals surface area contributed by atoms with E-state index in [2.05, 4.69) is 20.6 Å². The normalized spacial score (nSPS) is 12.7. The van der Waals surface area contributed by atoms with E-state index in [-0.39, 0.29) is 33.8 Å². The highest BCUT2D eigenvalue weighted by Gasteiger charge is 2.26. The molecule has 1 unspecified atom stereocenters. The first kappa shape index (κ1) is 24.1. The van der Waals surface area contributed by atoms with Crippen molar-refractivity contribution in [3.8, 4) is 5.75 Å². The molecule has 3 N–H and O–H groups in total. The van der Waals surface area contributed by atoms with Gasteiger partial charge in [-0.1, -0.05) is 18.5 Å². The van der Waals surface area contributed by atoms with E-state index in [1.807, 2.05) is 0 Å². The number of rotatable bonds is 8. The summed E-state index contributed by atoms with van der Waals surface area (Å²) >= 11 is 5.93. The van der Waals surface area contributed by atoms with Gasteiger partial charge in [-0.2, -0.15) is 9.37 Å². The lowest BCUT2D eigenvalue weighted by atomic mass is 9.91. The van der Waals surface area contributed by atoms with E-state index >= 15 is 0 Å². The van der Waals surface area contributed by atoms with Crippen LogP contribution in [-0.4, -0.2) is 27.1 Å². The summed E-state index contributed by atoms with van der Waals surface area (Å²) in [6.45, 7) is 3.29. The van der Waals surface area contributed by atoms with E-state index in [0.29, 0.717) is 12.1 Å². The maximum absolute atomic E-state index is 14.1. The maximum atomic E-state index is 14.1. The zero-order chi connectivity index (χ0) is 24.3. The first-order chi connectivity index (χ1) is 15.6. The minimum Gasteiger partial charge on any atom is -0.494 e. The van der Waals surface area contributed by atoms with Crippen LogP contribution in [0.5, 0.6) is 5.75 Å². The minimum absolute atomic E-state index is 0.00616. The van der Waals surface area contributed by atoms with Crippen molar-refractivity contribution in [3.05, 3.63) is 68.9 Å². The largest absolute Gasteiger partial charge is 0.494 e. The van der Waals surface area contributed by atoms with Gasteiger partial charge in [0.1, 0.15) is 17.4 Å². The average molecular weight is 480 g/mol. The zero-order valence-corrected chi connectivity index (χ0v) is 18.6. The van der Waals surface area contributed by atoms with Crippen LogP contribution in [0.4, 0.5) is 37.6 Å². The fourth-order valence-electron chi connectivity index (χ4n) is 2.98. The predicted octanol–water partition coefficient (Wildman–Crippen LogP) is 5.43. The molecule has 2 aromatic carbocycles. The molecular weight excluding hydrogens is 460 g/mol. The molecule has 0 aliphatic heterocycles. The van der Waals surface area contributed by atoms with Gasteiger partial charge in [-0.3, -0.25) is 10.1 Å². The molecule has 1 atom stereocenters. The monoisotopic (exact) mass is 479 g/mol. The molecule has 9 nitrogen and oxygen atoms in total. The Morgan fingerprint density at radius 2 is 1.94 bits per heavy atom. The van der Waals surface area contributed by atoms with Crippen LogP contribution >= 0.6 is 11.6 Å². The number of aromatic nitrogens is 2. The molecule has 174 valence electrons. The van der Waals surface area contributed by atoms with Crippen LogP contribution in [0.15, 0.2) is 36.5 Å². The fourth-order valence-corrected chi connectivity index (χ4v) is 3.15. The third-order valence-corrected chi connectivity index (χ3v) is 5.25. The molecule has 0 spiro atoms. The molecule has 0 aliphatic carbocycles. The molecule has 1 heterocycles. The summed E-state index contributed by atoms with van der Waals surface area (Å²) in [6.07, 6.45) is 1.70. The van der Waals surface area contributed by atoms with Crippen molar-refractivity contribution in [1.29, 1.82) is 0 Å². The van der Waals surface area contributed by atoms with Gasteiger partial charge >= 0.3 is 5.69 Å². The summed E-state index contributed by atoms with van der Waals surface area (Å²) in [5.41, 5.74) is -1.42. The standard InChI is InChI=1S/C21H20ClF2N5O4/c1-4-21(2,30)11-7-13(23)12(22)8-15(11)26-19-5-6-25-20(28-19)27-16-10-17(29(31)32)14(24)9-18(16)33-3/h5-10,30H,4H2,1-3H3,(H2,25,26,27,28). The number of hydrogen-bond donors (Lipinski definition) is 3. The number of nitro benzene ring substituents is 1. The lowest BCUT2D eigenvalue weighted by molar-refractivity contribution is -0.387. The Bertz CT molecular complexity index is 1210. The number of anilines is 4. The molecule has 3 aromatic rings. The molecular formula is C21H20ClF2N5O4. The molecule has 3 rings (SSSR count). The molecule has 12 heteroatoms. The average Bonchev–Trinajstić information content (AvgIpc) is 2.77. The van der Waals surface area contributed by atoms with Gasteiger partial charge in [-0.05, 0) is 31.5 Å². The van der Waals surface area contributed by atoms with Crippen LogP contribution in [0.3, 0.4) is 0 Å². The minimum atomic E-state index is -1.34. The van der Waals surface area contributed by atoms with Crippen LogP contribution in [0.1, 0.15) is 25.8 Å². The summed E-state index contributed by atoms with van der Waals surface area (Å²) in [7, 11) is 1.28. The number of methoxy groups -OCH3 is 1. The summed E-state index contributed by atoms with van der Waals surface area (Å²) in [5, 5.41) is 27.3. The predicted molar refractivity (Wildman–Crippen MR) is 119 cm³/mol. The van der Waals surface area contributed by atoms with E-state index in [0.717, 1.165) is 18.2 Å². The third-order valence-electron chi connectivity index (χ3n) is 4.96. The topological polar surface area (TPSA) is 122 Å². The van der Waals surface area contributed by atoms with E-state index in [1.54, 1.807) is 13.8 Å². The van der Waals surface area contributed by atoms with E-state index in [4.69, 9.17) is 16.3 Å². The number of nitro groups is 1. The van der Waals surface area contributed by atoms with Gasteiger partial charge in [0.25, 0.3) is 0 Å². The Morgan fingerprint density at radius 1 is 1.21 bits per heavy atom. The molecule has 0 radical (unpaired) electrons. The second-order valence-corrected chi connectivity index (χ2v) is 7.62. The maximum Gasteiger partial charge on any atom is 0.307 e. The number of benzene rings is 2. The number of aliphatic hydroxyl groups is 1. The molecule has 0 aliphatic rings. The van der Waals surface area contributed by atoms with Gasteiger partial charge < -0.3 is 20.5 Å². The second-order valence-electron chi connectivity index (χ2n) is 7.22. The van der Waals surface area contributed by atoms with E-state index in [1.165, 1.54) is 25.4 Å². The van der Waals surface area contributed by atoms with Gasteiger partial charge in [-0.25, -0.2) is 9.37 Å².